The summed E-state index contributed by atoms with van der Waals surface area (Å²) in [6.45, 7) is 2.72. The molecule has 1 aliphatic heterocycles. The van der Waals surface area contributed by atoms with Crippen molar-refractivity contribution >= 4 is 40.3 Å². The van der Waals surface area contributed by atoms with Gasteiger partial charge in [0, 0.05) is 23.1 Å². The highest BCUT2D eigenvalue weighted by atomic mass is 35.5. The van der Waals surface area contributed by atoms with Gasteiger partial charge >= 0.3 is 5.97 Å². The fraction of sp³-hybridized carbons (Fsp3) is 0.364. The van der Waals surface area contributed by atoms with Gasteiger partial charge in [-0.05, 0) is 114 Å². The highest BCUT2D eigenvalue weighted by Crippen LogP contribution is 2.42. The van der Waals surface area contributed by atoms with Crippen molar-refractivity contribution in [2.45, 2.75) is 38.5 Å². The van der Waals surface area contributed by atoms with Crippen molar-refractivity contribution in [3.63, 3.8) is 0 Å². The highest BCUT2D eigenvalue weighted by Gasteiger charge is 2.24. The molecule has 0 spiro atoms. The van der Waals surface area contributed by atoms with Crippen molar-refractivity contribution in [2.75, 3.05) is 33.4 Å². The summed E-state index contributed by atoms with van der Waals surface area (Å²) in [4.78, 5) is 14.7. The van der Waals surface area contributed by atoms with Crippen LogP contribution >= 0.6 is 23.2 Å². The van der Waals surface area contributed by atoms with Crippen LogP contribution < -0.4 is 0 Å². The fourth-order valence-corrected chi connectivity index (χ4v) is 6.60. The van der Waals surface area contributed by atoms with E-state index in [0.29, 0.717) is 27.9 Å². The molecule has 204 valence electrons. The number of allylic oxidation sites excluding steroid dienone is 1. The molecule has 5 rings (SSSR count). The monoisotopic (exact) mass is 565 g/mol. The molecule has 0 bridgehead atoms. The Labute approximate surface area is 240 Å². The van der Waals surface area contributed by atoms with E-state index in [1.807, 2.05) is 30.3 Å². The second-order valence-corrected chi connectivity index (χ2v) is 11.4. The van der Waals surface area contributed by atoms with Gasteiger partial charge in [0.2, 0.25) is 0 Å². The molecule has 1 unspecified atom stereocenters. The molecular formula is C33H34Cl2FNO2. The van der Waals surface area contributed by atoms with Crippen LogP contribution in [0.25, 0.3) is 11.1 Å². The Morgan fingerprint density at radius 2 is 1.82 bits per heavy atom. The Morgan fingerprint density at radius 3 is 2.56 bits per heavy atom. The van der Waals surface area contributed by atoms with Gasteiger partial charge in [-0.25, -0.2) is 4.79 Å². The molecule has 2 aliphatic rings. The maximum absolute atomic E-state index is 12.6. The lowest BCUT2D eigenvalue weighted by Gasteiger charge is -2.19. The molecule has 3 nitrogen and oxygen atoms in total. The summed E-state index contributed by atoms with van der Waals surface area (Å²) < 4.78 is 17.6. The van der Waals surface area contributed by atoms with Crippen LogP contribution in [0.4, 0.5) is 4.39 Å². The first-order valence-corrected chi connectivity index (χ1v) is 14.5. The molecule has 0 radical (unpaired) electrons. The average Bonchev–Trinajstić information content (AvgIpc) is 3.30. The van der Waals surface area contributed by atoms with Crippen LogP contribution in [0.15, 0.2) is 60.7 Å². The smallest absolute Gasteiger partial charge is 0.337 e. The number of fused-ring (bicyclic) bond motifs is 1. The zero-order chi connectivity index (χ0) is 27.4. The molecule has 0 saturated carbocycles. The van der Waals surface area contributed by atoms with Crippen molar-refractivity contribution in [1.82, 2.24) is 4.90 Å². The first-order valence-electron chi connectivity index (χ1n) is 13.7. The second kappa shape index (κ2) is 12.7. The zero-order valence-electron chi connectivity index (χ0n) is 22.3. The first-order chi connectivity index (χ1) is 19.0. The third kappa shape index (κ3) is 6.40. The van der Waals surface area contributed by atoms with Crippen molar-refractivity contribution in [1.29, 1.82) is 0 Å². The summed E-state index contributed by atoms with van der Waals surface area (Å²) in [6.07, 6.45) is 5.47. The number of ether oxygens (including phenoxy) is 1. The summed E-state index contributed by atoms with van der Waals surface area (Å²) in [5.74, 6) is 0.279. The summed E-state index contributed by atoms with van der Waals surface area (Å²) in [6, 6.07) is 20.5. The third-order valence-electron chi connectivity index (χ3n) is 7.97. The number of rotatable bonds is 8. The van der Waals surface area contributed by atoms with Crippen LogP contribution in [-0.4, -0.2) is 44.3 Å². The third-order valence-corrected chi connectivity index (χ3v) is 8.52. The lowest BCUT2D eigenvalue weighted by molar-refractivity contribution is 0.0600. The number of hydrogen-bond donors (Lipinski definition) is 0. The Balaban J connectivity index is 1.51. The normalized spacial score (nSPS) is 17.7. The summed E-state index contributed by atoms with van der Waals surface area (Å²) in [7, 11) is 1.41. The minimum atomic E-state index is -0.326. The molecule has 1 atom stereocenters. The molecule has 39 heavy (non-hydrogen) atoms. The van der Waals surface area contributed by atoms with E-state index in [9.17, 15) is 9.18 Å². The van der Waals surface area contributed by atoms with Gasteiger partial charge < -0.3 is 9.64 Å². The quantitative estimate of drug-likeness (QED) is 0.257. The predicted octanol–water partition coefficient (Wildman–Crippen LogP) is 8.30. The number of hydrogen-bond acceptors (Lipinski definition) is 3. The van der Waals surface area contributed by atoms with Gasteiger partial charge in [0.15, 0.2) is 0 Å². The molecule has 0 aromatic heterocycles. The van der Waals surface area contributed by atoms with E-state index in [1.165, 1.54) is 18.2 Å². The lowest BCUT2D eigenvalue weighted by Crippen LogP contribution is -2.22. The van der Waals surface area contributed by atoms with Crippen LogP contribution in [0.2, 0.25) is 10.0 Å². The molecule has 3 aromatic carbocycles. The Hall–Kier alpha value is -2.66. The highest BCUT2D eigenvalue weighted by molar-refractivity contribution is 6.36. The molecule has 3 aromatic rings. The number of benzene rings is 3. The van der Waals surface area contributed by atoms with E-state index in [4.69, 9.17) is 27.9 Å². The molecule has 1 heterocycles. The van der Waals surface area contributed by atoms with Crippen molar-refractivity contribution in [3.8, 4) is 0 Å². The van der Waals surface area contributed by atoms with E-state index in [0.717, 1.165) is 79.6 Å². The number of carbonyl (C=O) groups is 1. The Morgan fingerprint density at radius 1 is 1.03 bits per heavy atom. The number of nitrogens with zero attached hydrogens (tertiary/aromatic N) is 1. The number of methoxy groups -OCH3 is 1. The van der Waals surface area contributed by atoms with E-state index < -0.39 is 0 Å². The number of alkyl halides is 1. The predicted molar refractivity (Wildman–Crippen MR) is 158 cm³/mol. The van der Waals surface area contributed by atoms with Gasteiger partial charge in [-0.1, -0.05) is 59.6 Å². The van der Waals surface area contributed by atoms with Crippen molar-refractivity contribution < 1.29 is 13.9 Å². The molecule has 6 heteroatoms. The van der Waals surface area contributed by atoms with Gasteiger partial charge in [-0.2, -0.15) is 0 Å². The number of carbonyl (C=O) groups excluding carboxylic acids is 1. The molecule has 0 N–H and O–H groups in total. The summed E-state index contributed by atoms with van der Waals surface area (Å²) in [5, 5.41) is 1.25. The average molecular weight is 567 g/mol. The van der Waals surface area contributed by atoms with Crippen LogP contribution in [0.3, 0.4) is 0 Å². The second-order valence-electron chi connectivity index (χ2n) is 10.6. The number of aryl methyl sites for hydroxylation is 1. The lowest BCUT2D eigenvalue weighted by atomic mass is 9.86. The fourth-order valence-electron chi connectivity index (χ4n) is 6.07. The van der Waals surface area contributed by atoms with Gasteiger partial charge in [0.1, 0.15) is 0 Å². The van der Waals surface area contributed by atoms with Crippen LogP contribution in [-0.2, 0) is 17.6 Å². The maximum Gasteiger partial charge on any atom is 0.337 e. The van der Waals surface area contributed by atoms with E-state index in [2.05, 4.69) is 29.2 Å². The molecule has 1 aliphatic carbocycles. The van der Waals surface area contributed by atoms with Gasteiger partial charge in [-0.15, -0.1) is 0 Å². The molecule has 1 saturated heterocycles. The van der Waals surface area contributed by atoms with Crippen LogP contribution in [0, 0.1) is 5.92 Å². The van der Waals surface area contributed by atoms with Gasteiger partial charge in [-0.3, -0.25) is 4.39 Å². The number of likely N-dealkylation sites (tertiary alicyclic amines) is 1. The van der Waals surface area contributed by atoms with Gasteiger partial charge in [0.25, 0.3) is 0 Å². The van der Waals surface area contributed by atoms with Crippen LogP contribution in [0.5, 0.6) is 0 Å². The van der Waals surface area contributed by atoms with E-state index in [1.54, 1.807) is 6.07 Å². The van der Waals surface area contributed by atoms with Gasteiger partial charge in [0.05, 0.1) is 19.3 Å². The molecular weight excluding hydrogens is 532 g/mol. The minimum absolute atomic E-state index is 0.241. The standard InChI is InChI=1S/C33H34Cl2FNO2/c1-39-33(38)26-10-12-28-25(19-26)4-2-5-30(29-13-11-27(34)20-31(29)35)32(28)24-8-6-22(7-9-24)18-23-14-17-37(21-23)16-3-15-36/h6-13,19-20,23H,2-5,14-18,21H2,1H3. The van der Waals surface area contributed by atoms with Crippen molar-refractivity contribution in [2.24, 2.45) is 5.92 Å². The van der Waals surface area contributed by atoms with E-state index >= 15 is 0 Å². The summed E-state index contributed by atoms with van der Waals surface area (Å²) in [5.41, 5.74) is 8.59. The maximum atomic E-state index is 12.6. The summed E-state index contributed by atoms with van der Waals surface area (Å²) >= 11 is 13.0. The first kappa shape index (κ1) is 27.9. The van der Waals surface area contributed by atoms with E-state index in [-0.39, 0.29) is 12.6 Å². The zero-order valence-corrected chi connectivity index (χ0v) is 23.8. The number of halogens is 3. The molecule has 1 fully saturated rings. The Bertz CT molecular complexity index is 1370. The number of esters is 1. The minimum Gasteiger partial charge on any atom is -0.465 e. The topological polar surface area (TPSA) is 29.5 Å². The Kier molecular flexibility index (Phi) is 9.06. The SMILES string of the molecule is COC(=O)c1ccc2c(c1)CCCC(c1ccc(Cl)cc1Cl)=C2c1ccc(CC2CCN(CCCF)C2)cc1. The van der Waals surface area contributed by atoms with Crippen LogP contribution in [0.1, 0.15) is 63.9 Å². The van der Waals surface area contributed by atoms with Crippen molar-refractivity contribution in [3.05, 3.63) is 104 Å². The largest absolute Gasteiger partial charge is 0.465 e. The molecule has 0 amide bonds.